The van der Waals surface area contributed by atoms with Crippen molar-refractivity contribution in [1.29, 1.82) is 0 Å². The number of nitrogens with one attached hydrogen (secondary N) is 1. The van der Waals surface area contributed by atoms with Crippen LogP contribution in [0.1, 0.15) is 5.69 Å². The maximum Gasteiger partial charge on any atom is 0.148 e. The number of rotatable bonds is 4. The zero-order chi connectivity index (χ0) is 13.1. The molecule has 96 valence electrons. The summed E-state index contributed by atoms with van der Waals surface area (Å²) in [6.07, 6.45) is 5.53. The van der Waals surface area contributed by atoms with E-state index in [1.165, 1.54) is 0 Å². The first kappa shape index (κ1) is 11.6. The zero-order valence-electron chi connectivity index (χ0n) is 10.7. The van der Waals surface area contributed by atoms with Crippen LogP contribution in [0.5, 0.6) is 0 Å². The molecular formula is C14H15N5. The number of anilines is 1. The molecule has 0 amide bonds. The molecule has 2 heterocycles. The molecule has 0 aliphatic rings. The van der Waals surface area contributed by atoms with Gasteiger partial charge in [-0.05, 0) is 19.1 Å². The van der Waals surface area contributed by atoms with Crippen molar-refractivity contribution in [3.8, 4) is 0 Å². The van der Waals surface area contributed by atoms with Gasteiger partial charge in [-0.3, -0.25) is 0 Å². The number of nitrogens with zero attached hydrogens (tertiary/aromatic N) is 4. The van der Waals surface area contributed by atoms with E-state index in [9.17, 15) is 0 Å². The van der Waals surface area contributed by atoms with Gasteiger partial charge >= 0.3 is 0 Å². The van der Waals surface area contributed by atoms with E-state index < -0.39 is 0 Å². The third-order valence-corrected chi connectivity index (χ3v) is 2.97. The van der Waals surface area contributed by atoms with E-state index in [4.69, 9.17) is 0 Å². The third kappa shape index (κ3) is 2.54. The molecule has 0 saturated heterocycles. The van der Waals surface area contributed by atoms with Crippen molar-refractivity contribution < 1.29 is 0 Å². The van der Waals surface area contributed by atoms with Crippen molar-refractivity contribution in [2.24, 2.45) is 0 Å². The number of fused-ring (bicyclic) bond motifs is 1. The average molecular weight is 253 g/mol. The van der Waals surface area contributed by atoms with Gasteiger partial charge in [0.25, 0.3) is 0 Å². The Morgan fingerprint density at radius 3 is 2.68 bits per heavy atom. The fraction of sp³-hybridized carbons (Fsp3) is 0.214. The first-order valence-corrected chi connectivity index (χ1v) is 6.26. The summed E-state index contributed by atoms with van der Waals surface area (Å²) in [5.41, 5.74) is 2.77. The van der Waals surface area contributed by atoms with Crippen LogP contribution in [0.4, 0.5) is 5.82 Å². The maximum atomic E-state index is 4.60. The molecule has 19 heavy (non-hydrogen) atoms. The summed E-state index contributed by atoms with van der Waals surface area (Å²) < 4.78 is 2.02. The molecule has 0 unspecified atom stereocenters. The van der Waals surface area contributed by atoms with Gasteiger partial charge < -0.3 is 9.88 Å². The van der Waals surface area contributed by atoms with E-state index in [1.54, 1.807) is 12.5 Å². The lowest BCUT2D eigenvalue weighted by atomic mass is 10.3. The molecule has 1 N–H and O–H groups in total. The molecule has 0 bridgehead atoms. The normalized spacial score (nSPS) is 10.8. The van der Waals surface area contributed by atoms with Crippen molar-refractivity contribution in [3.63, 3.8) is 0 Å². The first-order chi connectivity index (χ1) is 9.33. The quantitative estimate of drug-likeness (QED) is 0.774. The van der Waals surface area contributed by atoms with E-state index in [2.05, 4.69) is 20.3 Å². The van der Waals surface area contributed by atoms with Gasteiger partial charge in [-0.1, -0.05) is 12.1 Å². The van der Waals surface area contributed by atoms with Gasteiger partial charge in [-0.2, -0.15) is 0 Å². The lowest BCUT2D eigenvalue weighted by Crippen LogP contribution is -2.11. The number of aryl methyl sites for hydroxylation is 1. The molecule has 2 aromatic heterocycles. The Morgan fingerprint density at radius 1 is 1.16 bits per heavy atom. The van der Waals surface area contributed by atoms with Crippen molar-refractivity contribution in [1.82, 2.24) is 19.5 Å². The fourth-order valence-corrected chi connectivity index (χ4v) is 1.98. The van der Waals surface area contributed by atoms with Gasteiger partial charge in [-0.25, -0.2) is 15.0 Å². The average Bonchev–Trinajstić information content (AvgIpc) is 2.92. The summed E-state index contributed by atoms with van der Waals surface area (Å²) in [6.45, 7) is 3.62. The number of hydrogen-bond acceptors (Lipinski definition) is 4. The van der Waals surface area contributed by atoms with Crippen molar-refractivity contribution >= 4 is 16.9 Å². The summed E-state index contributed by atoms with van der Waals surface area (Å²) >= 11 is 0. The highest BCUT2D eigenvalue weighted by Gasteiger charge is 2.03. The highest BCUT2D eigenvalue weighted by atomic mass is 15.1. The molecule has 0 atom stereocenters. The minimum Gasteiger partial charge on any atom is -0.367 e. The van der Waals surface area contributed by atoms with Gasteiger partial charge in [-0.15, -0.1) is 0 Å². The van der Waals surface area contributed by atoms with Gasteiger partial charge in [0.2, 0.25) is 0 Å². The second-order valence-corrected chi connectivity index (χ2v) is 4.37. The summed E-state index contributed by atoms with van der Waals surface area (Å²) in [6, 6.07) is 7.90. The summed E-state index contributed by atoms with van der Waals surface area (Å²) in [7, 11) is 0. The van der Waals surface area contributed by atoms with Gasteiger partial charge in [0.15, 0.2) is 0 Å². The number of imidazole rings is 1. The van der Waals surface area contributed by atoms with Gasteiger partial charge in [0, 0.05) is 25.5 Å². The van der Waals surface area contributed by atoms with Crippen molar-refractivity contribution in [2.45, 2.75) is 13.5 Å². The van der Waals surface area contributed by atoms with Crippen LogP contribution >= 0.6 is 0 Å². The Morgan fingerprint density at radius 2 is 1.95 bits per heavy atom. The van der Waals surface area contributed by atoms with Crippen LogP contribution < -0.4 is 5.32 Å². The molecule has 0 saturated carbocycles. The topological polar surface area (TPSA) is 55.6 Å². The molecule has 0 aliphatic carbocycles. The Bertz CT molecular complexity index is 675. The predicted octanol–water partition coefficient (Wildman–Crippen LogP) is 2.25. The smallest absolute Gasteiger partial charge is 0.148 e. The third-order valence-electron chi connectivity index (χ3n) is 2.97. The highest BCUT2D eigenvalue weighted by molar-refractivity contribution is 5.76. The van der Waals surface area contributed by atoms with Crippen molar-refractivity contribution in [3.05, 3.63) is 48.7 Å². The first-order valence-electron chi connectivity index (χ1n) is 6.26. The Hall–Kier alpha value is -2.43. The van der Waals surface area contributed by atoms with E-state index in [-0.39, 0.29) is 0 Å². The van der Waals surface area contributed by atoms with E-state index >= 15 is 0 Å². The second-order valence-electron chi connectivity index (χ2n) is 4.37. The molecule has 3 aromatic rings. The molecule has 3 rings (SSSR count). The summed E-state index contributed by atoms with van der Waals surface area (Å²) in [5.74, 6) is 0.846. The van der Waals surface area contributed by atoms with Crippen LogP contribution in [-0.4, -0.2) is 26.1 Å². The molecule has 5 heteroatoms. The lowest BCUT2D eigenvalue weighted by Gasteiger charge is -2.09. The molecule has 0 fully saturated rings. The summed E-state index contributed by atoms with van der Waals surface area (Å²) in [4.78, 5) is 13.2. The predicted molar refractivity (Wildman–Crippen MR) is 75.0 cm³/mol. The Balaban J connectivity index is 1.75. The van der Waals surface area contributed by atoms with Crippen LogP contribution in [0.2, 0.25) is 0 Å². The molecule has 0 spiro atoms. The largest absolute Gasteiger partial charge is 0.367 e. The van der Waals surface area contributed by atoms with Gasteiger partial charge in [0.1, 0.15) is 5.82 Å². The Labute approximate surface area is 111 Å². The number of para-hydroxylation sites is 2. The monoisotopic (exact) mass is 253 g/mol. The number of hydrogen-bond donors (Lipinski definition) is 1. The van der Waals surface area contributed by atoms with E-state index in [0.29, 0.717) is 0 Å². The standard InChI is InChI=1S/C14H15N5/c1-11-14(16-7-9-19-8-6-15-10-19)18-13-5-3-2-4-12(13)17-11/h2-6,8,10H,7,9H2,1H3,(H,16,18). The van der Waals surface area contributed by atoms with Gasteiger partial charge in [0.05, 0.1) is 23.1 Å². The lowest BCUT2D eigenvalue weighted by molar-refractivity contribution is 0.725. The van der Waals surface area contributed by atoms with Crippen LogP contribution in [0.25, 0.3) is 11.0 Å². The molecule has 0 aliphatic heterocycles. The Kier molecular flexibility index (Phi) is 3.10. The van der Waals surface area contributed by atoms with E-state index in [0.717, 1.165) is 35.6 Å². The molecule has 5 nitrogen and oxygen atoms in total. The second kappa shape index (κ2) is 5.06. The minimum absolute atomic E-state index is 0.796. The molecule has 0 radical (unpaired) electrons. The minimum atomic E-state index is 0.796. The van der Waals surface area contributed by atoms with E-state index in [1.807, 2.05) is 42.0 Å². The number of aromatic nitrogens is 4. The van der Waals surface area contributed by atoms with Crippen LogP contribution in [0.3, 0.4) is 0 Å². The van der Waals surface area contributed by atoms with Crippen LogP contribution in [0.15, 0.2) is 43.0 Å². The zero-order valence-corrected chi connectivity index (χ0v) is 10.7. The van der Waals surface area contributed by atoms with Crippen LogP contribution in [0, 0.1) is 6.92 Å². The summed E-state index contributed by atoms with van der Waals surface area (Å²) in [5, 5.41) is 3.32. The number of benzene rings is 1. The highest BCUT2D eigenvalue weighted by Crippen LogP contribution is 2.15. The molecular weight excluding hydrogens is 238 g/mol. The molecule has 1 aromatic carbocycles. The van der Waals surface area contributed by atoms with Crippen LogP contribution in [-0.2, 0) is 6.54 Å². The van der Waals surface area contributed by atoms with Crippen molar-refractivity contribution in [2.75, 3.05) is 11.9 Å². The fourth-order valence-electron chi connectivity index (χ4n) is 1.98. The maximum absolute atomic E-state index is 4.60. The SMILES string of the molecule is Cc1nc2ccccc2nc1NCCn1ccnc1.